The Bertz CT molecular complexity index is 743. The first-order chi connectivity index (χ1) is 12.5. The van der Waals surface area contributed by atoms with Gasteiger partial charge in [0.05, 0.1) is 10.2 Å². The fraction of sp³-hybridized carbons (Fsp3) is 0.400. The molecule has 0 amide bonds. The molecule has 0 radical (unpaired) electrons. The molecule has 26 heavy (non-hydrogen) atoms. The van der Waals surface area contributed by atoms with E-state index in [9.17, 15) is 9.60 Å². The highest BCUT2D eigenvalue weighted by Gasteiger charge is 2.16. The summed E-state index contributed by atoms with van der Waals surface area (Å²) in [5.74, 6) is -0.0270. The number of hydroxylamine groups is 1. The Labute approximate surface area is 163 Å². The summed E-state index contributed by atoms with van der Waals surface area (Å²) in [7, 11) is 0. The Morgan fingerprint density at radius 2 is 2.19 bits per heavy atom. The van der Waals surface area contributed by atoms with Crippen LogP contribution >= 0.6 is 27.9 Å². The lowest BCUT2D eigenvalue weighted by Crippen LogP contribution is -2.22. The number of nitrogens with zero attached hydrogens (tertiary/aromatic N) is 3. The van der Waals surface area contributed by atoms with Gasteiger partial charge in [0.1, 0.15) is 5.82 Å². The van der Waals surface area contributed by atoms with E-state index in [1.165, 1.54) is 18.2 Å². The zero-order chi connectivity index (χ0) is 18.9. The lowest BCUT2D eigenvalue weighted by molar-refractivity contribution is 0.234. The first-order valence-electron chi connectivity index (χ1n) is 7.90. The van der Waals surface area contributed by atoms with Crippen LogP contribution in [0, 0.1) is 5.82 Å². The monoisotopic (exact) mass is 446 g/mol. The zero-order valence-corrected chi connectivity index (χ0v) is 16.7. The van der Waals surface area contributed by atoms with Crippen LogP contribution in [0.15, 0.2) is 32.3 Å². The van der Waals surface area contributed by atoms with Crippen molar-refractivity contribution in [3.05, 3.63) is 34.2 Å². The van der Waals surface area contributed by atoms with Gasteiger partial charge < -0.3 is 5.32 Å². The topological polar surface area (TPSA) is 108 Å². The minimum Gasteiger partial charge on any atom is -0.365 e. The predicted octanol–water partition coefficient (Wildman–Crippen LogP) is 3.48. The number of amidine groups is 1. The number of aromatic nitrogens is 2. The summed E-state index contributed by atoms with van der Waals surface area (Å²) in [5, 5.41) is 20.5. The minimum atomic E-state index is -0.405. The molecule has 4 N–H and O–H groups in total. The lowest BCUT2D eigenvalue weighted by atomic mass is 10.3. The van der Waals surface area contributed by atoms with Crippen LogP contribution in [0.2, 0.25) is 0 Å². The number of nitrogens with one attached hydrogen (secondary N) is 3. The van der Waals surface area contributed by atoms with E-state index in [1.807, 2.05) is 5.48 Å². The van der Waals surface area contributed by atoms with Crippen LogP contribution in [-0.4, -0.2) is 39.7 Å². The van der Waals surface area contributed by atoms with Crippen molar-refractivity contribution in [2.75, 3.05) is 18.4 Å². The second-order valence-electron chi connectivity index (χ2n) is 5.47. The molecule has 0 aliphatic rings. The van der Waals surface area contributed by atoms with Crippen molar-refractivity contribution in [2.45, 2.75) is 25.5 Å². The largest absolute Gasteiger partial charge is 0.365 e. The Morgan fingerprint density at radius 3 is 2.88 bits per heavy atom. The van der Waals surface area contributed by atoms with Gasteiger partial charge in [-0.3, -0.25) is 15.4 Å². The number of aliphatic imine (C=N–C) groups is 1. The average Bonchev–Trinajstić information content (AvgIpc) is 3.07. The molecule has 0 saturated carbocycles. The second-order valence-corrected chi connectivity index (χ2v) is 7.79. The predicted molar refractivity (Wildman–Crippen MR) is 103 cm³/mol. The average molecular weight is 447 g/mol. The summed E-state index contributed by atoms with van der Waals surface area (Å²) in [6.07, 6.45) is 0.857. The van der Waals surface area contributed by atoms with Gasteiger partial charge in [-0.15, -0.1) is 0 Å². The van der Waals surface area contributed by atoms with E-state index in [0.717, 1.165) is 13.0 Å². The third-order valence-electron chi connectivity index (χ3n) is 3.03. The van der Waals surface area contributed by atoms with Crippen molar-refractivity contribution >= 4 is 45.2 Å². The molecule has 142 valence electrons. The molecular weight excluding hydrogens is 427 g/mol. The van der Waals surface area contributed by atoms with Gasteiger partial charge >= 0.3 is 0 Å². The molecular formula is C15H20BrFN6O2S. The van der Waals surface area contributed by atoms with E-state index in [-0.39, 0.29) is 16.0 Å². The Balaban J connectivity index is 2.00. The first-order valence-corrected chi connectivity index (χ1v) is 9.57. The number of hydrogen-bond acceptors (Lipinski definition) is 8. The van der Waals surface area contributed by atoms with E-state index in [1.54, 1.807) is 11.9 Å². The number of anilines is 1. The summed E-state index contributed by atoms with van der Waals surface area (Å²) in [5.41, 5.74) is 2.61. The van der Waals surface area contributed by atoms with Crippen LogP contribution in [-0.2, 0) is 0 Å². The van der Waals surface area contributed by atoms with E-state index < -0.39 is 5.82 Å². The molecule has 0 fully saturated rings. The van der Waals surface area contributed by atoms with Gasteiger partial charge in [0.15, 0.2) is 11.5 Å². The van der Waals surface area contributed by atoms with E-state index in [4.69, 9.17) is 4.63 Å². The van der Waals surface area contributed by atoms with Crippen LogP contribution in [0.4, 0.5) is 15.9 Å². The number of hydrogen-bond donors (Lipinski definition) is 4. The van der Waals surface area contributed by atoms with Crippen LogP contribution in [0.3, 0.4) is 0 Å². The van der Waals surface area contributed by atoms with Crippen LogP contribution < -0.4 is 15.5 Å². The Morgan fingerprint density at radius 1 is 1.38 bits per heavy atom. The fourth-order valence-electron chi connectivity index (χ4n) is 1.87. The maximum absolute atomic E-state index is 13.3. The quantitative estimate of drug-likeness (QED) is 0.152. The van der Waals surface area contributed by atoms with Crippen molar-refractivity contribution in [3.8, 4) is 0 Å². The van der Waals surface area contributed by atoms with Gasteiger partial charge in [-0.05, 0) is 50.9 Å². The molecule has 0 spiro atoms. The summed E-state index contributed by atoms with van der Waals surface area (Å²) in [6.45, 7) is 5.70. The van der Waals surface area contributed by atoms with Gasteiger partial charge in [0.25, 0.3) is 0 Å². The molecule has 0 atom stereocenters. The number of halogens is 2. The first kappa shape index (κ1) is 20.6. The van der Waals surface area contributed by atoms with Crippen LogP contribution in [0.25, 0.3) is 0 Å². The van der Waals surface area contributed by atoms with Crippen molar-refractivity contribution in [2.24, 2.45) is 4.99 Å². The van der Waals surface area contributed by atoms with Crippen LogP contribution in [0.5, 0.6) is 0 Å². The molecule has 2 aromatic rings. The third kappa shape index (κ3) is 6.24. The molecule has 0 saturated heterocycles. The van der Waals surface area contributed by atoms with Crippen molar-refractivity contribution in [1.29, 1.82) is 0 Å². The Kier molecular flexibility index (Phi) is 8.29. The second kappa shape index (κ2) is 10.5. The molecule has 1 aromatic carbocycles. The van der Waals surface area contributed by atoms with Crippen molar-refractivity contribution < 1.29 is 14.2 Å². The molecule has 0 aliphatic heterocycles. The Hall–Kier alpha value is -1.69. The summed E-state index contributed by atoms with van der Waals surface area (Å²) < 4.78 is 21.6. The van der Waals surface area contributed by atoms with Crippen molar-refractivity contribution in [1.82, 2.24) is 20.5 Å². The standard InChI is InChI=1S/C15H20BrFN6O2S/c1-9(2)26-19-7-3-6-18-14-13(22-25-23-14)15(21-24)20-10-4-5-12(17)11(16)8-10/h4-5,8-9,19,24H,3,6-7H2,1-2H3,(H,18,23)(H,20,21). The van der Waals surface area contributed by atoms with Gasteiger partial charge in [0.2, 0.25) is 5.82 Å². The fourth-order valence-corrected chi connectivity index (χ4v) is 2.83. The van der Waals surface area contributed by atoms with E-state index in [2.05, 4.69) is 55.1 Å². The summed E-state index contributed by atoms with van der Waals surface area (Å²) in [4.78, 5) is 4.20. The molecule has 8 nitrogen and oxygen atoms in total. The highest BCUT2D eigenvalue weighted by molar-refractivity contribution is 9.10. The molecule has 0 unspecified atom stereocenters. The third-order valence-corrected chi connectivity index (χ3v) is 4.48. The molecule has 1 heterocycles. The molecule has 1 aromatic heterocycles. The highest BCUT2D eigenvalue weighted by atomic mass is 79.9. The minimum absolute atomic E-state index is 0.0285. The van der Waals surface area contributed by atoms with Gasteiger partial charge in [-0.1, -0.05) is 25.8 Å². The van der Waals surface area contributed by atoms with E-state index in [0.29, 0.717) is 23.3 Å². The molecule has 2 rings (SSSR count). The SMILES string of the molecule is CC(C)SNCCCNc1nonc1C(=Nc1ccc(F)c(Br)c1)NO. The maximum Gasteiger partial charge on any atom is 0.202 e. The van der Waals surface area contributed by atoms with Crippen molar-refractivity contribution in [3.63, 3.8) is 0 Å². The van der Waals surface area contributed by atoms with Gasteiger partial charge in [-0.25, -0.2) is 14.0 Å². The summed E-state index contributed by atoms with van der Waals surface area (Å²) in [6, 6.07) is 4.21. The number of rotatable bonds is 9. The lowest BCUT2D eigenvalue weighted by Gasteiger charge is -2.08. The molecule has 0 aliphatic carbocycles. The van der Waals surface area contributed by atoms with Crippen LogP contribution in [0.1, 0.15) is 26.0 Å². The number of benzene rings is 1. The zero-order valence-electron chi connectivity index (χ0n) is 14.3. The van der Waals surface area contributed by atoms with E-state index >= 15 is 0 Å². The highest BCUT2D eigenvalue weighted by Crippen LogP contribution is 2.23. The van der Waals surface area contributed by atoms with Gasteiger partial charge in [0, 0.05) is 18.3 Å². The van der Waals surface area contributed by atoms with Gasteiger partial charge in [-0.2, -0.15) is 0 Å². The normalized spacial score (nSPS) is 11.8. The molecule has 11 heteroatoms. The smallest absolute Gasteiger partial charge is 0.202 e. The maximum atomic E-state index is 13.3. The summed E-state index contributed by atoms with van der Waals surface area (Å²) >= 11 is 4.77. The molecule has 0 bridgehead atoms.